The van der Waals surface area contributed by atoms with Crippen molar-refractivity contribution in [2.75, 3.05) is 44.8 Å². The van der Waals surface area contributed by atoms with E-state index in [0.717, 1.165) is 0 Å². The number of benzene rings is 3. The molecule has 5 N–H and O–H groups in total. The number of ether oxygens (including phenoxy) is 5. The molecule has 3 aromatic carbocycles. The highest BCUT2D eigenvalue weighted by Crippen LogP contribution is 2.57. The minimum absolute atomic E-state index is 0.0129. The van der Waals surface area contributed by atoms with Gasteiger partial charge in [0.05, 0.1) is 32.0 Å². The monoisotopic (exact) mass is 637 g/mol. The van der Waals surface area contributed by atoms with Crippen LogP contribution in [0.1, 0.15) is 47.8 Å². The molecule has 0 aliphatic carbocycles. The summed E-state index contributed by atoms with van der Waals surface area (Å²) in [7, 11) is 0. The van der Waals surface area contributed by atoms with Crippen molar-refractivity contribution in [2.24, 2.45) is 0 Å². The van der Waals surface area contributed by atoms with Crippen molar-refractivity contribution in [3.8, 4) is 23.0 Å². The van der Waals surface area contributed by atoms with Crippen molar-refractivity contribution in [1.82, 2.24) is 10.6 Å². The number of amides is 1. The van der Waals surface area contributed by atoms with Crippen LogP contribution < -0.4 is 20.7 Å². The summed E-state index contributed by atoms with van der Waals surface area (Å²) in [4.78, 5) is 24.9. The quantitative estimate of drug-likeness (QED) is 0.121. The topological polar surface area (TPSA) is 157 Å². The van der Waals surface area contributed by atoms with Gasteiger partial charge in [-0.15, -0.1) is 0 Å². The zero-order valence-electron chi connectivity index (χ0n) is 25.1. The Morgan fingerprint density at radius 2 is 1.42 bits per heavy atom. The SMILES string of the molecule is CC(C)(C)OC(=O)NCCOCCOCCNC(=S)Nc1ccc2c(c1)C(=O)OC21c2ccc(O)cc2Oc2cc(O)ccc21. The van der Waals surface area contributed by atoms with E-state index in [0.29, 0.717) is 84.1 Å². The van der Waals surface area contributed by atoms with Gasteiger partial charge in [0.2, 0.25) is 0 Å². The first-order valence-electron chi connectivity index (χ1n) is 14.4. The molecular weight excluding hydrogens is 602 g/mol. The van der Waals surface area contributed by atoms with Crippen molar-refractivity contribution in [2.45, 2.75) is 32.0 Å². The van der Waals surface area contributed by atoms with Crippen LogP contribution in [0.15, 0.2) is 54.6 Å². The number of carbonyl (C=O) groups is 2. The highest BCUT2D eigenvalue weighted by molar-refractivity contribution is 7.80. The van der Waals surface area contributed by atoms with Gasteiger partial charge in [0, 0.05) is 47.6 Å². The second-order valence-electron chi connectivity index (χ2n) is 11.3. The zero-order chi connectivity index (χ0) is 32.2. The first kappa shape index (κ1) is 31.8. The molecule has 0 aromatic heterocycles. The summed E-state index contributed by atoms with van der Waals surface area (Å²) < 4.78 is 28.2. The van der Waals surface area contributed by atoms with Crippen molar-refractivity contribution >= 4 is 35.1 Å². The van der Waals surface area contributed by atoms with Gasteiger partial charge in [-0.2, -0.15) is 0 Å². The lowest BCUT2D eigenvalue weighted by molar-refractivity contribution is 0.0223. The van der Waals surface area contributed by atoms with Crippen LogP contribution in [0.5, 0.6) is 23.0 Å². The number of anilines is 1. The average Bonchev–Trinajstić information content (AvgIpc) is 3.24. The first-order valence-corrected chi connectivity index (χ1v) is 14.8. The number of rotatable bonds is 10. The van der Waals surface area contributed by atoms with Crippen LogP contribution >= 0.6 is 12.2 Å². The Hall–Kier alpha value is -4.59. The van der Waals surface area contributed by atoms with Gasteiger partial charge in [0.25, 0.3) is 0 Å². The summed E-state index contributed by atoms with van der Waals surface area (Å²) in [5.74, 6) is 0.0569. The molecule has 5 rings (SSSR count). The molecular formula is C32H35N3O9S. The molecule has 238 valence electrons. The van der Waals surface area contributed by atoms with Crippen LogP contribution in [0, 0.1) is 0 Å². The molecule has 2 aliphatic heterocycles. The molecule has 0 radical (unpaired) electrons. The third-order valence-electron chi connectivity index (χ3n) is 6.85. The Kier molecular flexibility index (Phi) is 9.32. The Morgan fingerprint density at radius 1 is 0.844 bits per heavy atom. The standard InChI is InChI=1S/C32H35N3O9S/c1-31(2,3)44-30(39)34-11-13-41-15-14-40-12-10-33-29(45)35-19-4-7-23-22(16-19)28(38)43-32(23)24-8-5-20(36)17-26(24)42-27-18-21(37)6-9-25(27)32/h4-9,16-18,36-37H,10-15H2,1-3H3,(H,34,39)(H2,33,35,45). The van der Waals surface area contributed by atoms with E-state index in [-0.39, 0.29) is 11.5 Å². The lowest BCUT2D eigenvalue weighted by atomic mass is 9.77. The zero-order valence-corrected chi connectivity index (χ0v) is 25.9. The van der Waals surface area contributed by atoms with E-state index in [2.05, 4.69) is 16.0 Å². The summed E-state index contributed by atoms with van der Waals surface area (Å²) in [6, 6.07) is 14.5. The second-order valence-corrected chi connectivity index (χ2v) is 11.7. The van der Waals surface area contributed by atoms with E-state index in [1.54, 1.807) is 51.1 Å². The van der Waals surface area contributed by atoms with Crippen LogP contribution in [0.2, 0.25) is 0 Å². The molecule has 1 amide bonds. The number of hydrogen-bond acceptors (Lipinski definition) is 10. The number of alkyl carbamates (subject to hydrolysis) is 1. The molecule has 0 fully saturated rings. The maximum absolute atomic E-state index is 13.3. The smallest absolute Gasteiger partial charge is 0.407 e. The largest absolute Gasteiger partial charge is 0.508 e. The third kappa shape index (κ3) is 7.22. The molecule has 2 aliphatic rings. The molecule has 13 heteroatoms. The second kappa shape index (κ2) is 13.2. The van der Waals surface area contributed by atoms with E-state index in [1.807, 2.05) is 0 Å². The number of esters is 1. The molecule has 0 unspecified atom stereocenters. The maximum atomic E-state index is 13.3. The molecule has 0 saturated carbocycles. The molecule has 0 saturated heterocycles. The lowest BCUT2D eigenvalue weighted by Crippen LogP contribution is -2.34. The van der Waals surface area contributed by atoms with Crippen molar-refractivity contribution in [1.29, 1.82) is 0 Å². The maximum Gasteiger partial charge on any atom is 0.407 e. The number of carbonyl (C=O) groups excluding carboxylic acids is 2. The van der Waals surface area contributed by atoms with E-state index < -0.39 is 23.3 Å². The van der Waals surface area contributed by atoms with Gasteiger partial charge in [-0.25, -0.2) is 9.59 Å². The van der Waals surface area contributed by atoms with Gasteiger partial charge in [0.1, 0.15) is 28.6 Å². The minimum atomic E-state index is -1.33. The molecule has 0 atom stereocenters. The fourth-order valence-corrected chi connectivity index (χ4v) is 5.28. The molecule has 1 spiro atoms. The van der Waals surface area contributed by atoms with E-state index in [1.165, 1.54) is 24.3 Å². The predicted octanol–water partition coefficient (Wildman–Crippen LogP) is 4.51. The Morgan fingerprint density at radius 3 is 2.02 bits per heavy atom. The number of phenolic OH excluding ortho intramolecular Hbond substituents is 2. The molecule has 3 aromatic rings. The van der Waals surface area contributed by atoms with Crippen LogP contribution in [-0.4, -0.2) is 72.5 Å². The highest BCUT2D eigenvalue weighted by Gasteiger charge is 2.53. The third-order valence-corrected chi connectivity index (χ3v) is 7.10. The summed E-state index contributed by atoms with van der Waals surface area (Å²) in [5.41, 5.74) is 0.734. The minimum Gasteiger partial charge on any atom is -0.508 e. The van der Waals surface area contributed by atoms with Crippen molar-refractivity contribution in [3.05, 3.63) is 76.9 Å². The van der Waals surface area contributed by atoms with E-state index in [4.69, 9.17) is 35.9 Å². The fourth-order valence-electron chi connectivity index (χ4n) is 5.06. The number of aromatic hydroxyl groups is 2. The van der Waals surface area contributed by atoms with Crippen molar-refractivity contribution in [3.63, 3.8) is 0 Å². The van der Waals surface area contributed by atoms with Gasteiger partial charge in [-0.1, -0.05) is 6.07 Å². The fraction of sp³-hybridized carbons (Fsp3) is 0.344. The summed E-state index contributed by atoms with van der Waals surface area (Å²) in [6.45, 7) is 7.63. The van der Waals surface area contributed by atoms with Gasteiger partial charge < -0.3 is 49.8 Å². The molecule has 12 nitrogen and oxygen atoms in total. The van der Waals surface area contributed by atoms with E-state index in [9.17, 15) is 19.8 Å². The molecule has 0 bridgehead atoms. The van der Waals surface area contributed by atoms with Crippen LogP contribution in [0.25, 0.3) is 0 Å². The molecule has 2 heterocycles. The highest BCUT2D eigenvalue weighted by atomic mass is 32.1. The van der Waals surface area contributed by atoms with Gasteiger partial charge >= 0.3 is 12.1 Å². The van der Waals surface area contributed by atoms with Gasteiger partial charge in [0.15, 0.2) is 10.7 Å². The number of nitrogens with one attached hydrogen (secondary N) is 3. The number of fused-ring (bicyclic) bond motifs is 6. The number of hydrogen-bond donors (Lipinski definition) is 5. The van der Waals surface area contributed by atoms with Gasteiger partial charge in [-0.05, 0) is 69.4 Å². The number of thiocarbonyl (C=S) groups is 1. The summed E-state index contributed by atoms with van der Waals surface area (Å²) in [6.07, 6.45) is -0.485. The number of phenols is 2. The predicted molar refractivity (Wildman–Crippen MR) is 168 cm³/mol. The summed E-state index contributed by atoms with van der Waals surface area (Å²) in [5, 5.41) is 29.3. The van der Waals surface area contributed by atoms with Crippen LogP contribution in [0.4, 0.5) is 10.5 Å². The molecule has 45 heavy (non-hydrogen) atoms. The Labute approximate surface area is 265 Å². The Bertz CT molecular complexity index is 1550. The first-order chi connectivity index (χ1) is 21.5. The average molecular weight is 638 g/mol. The Balaban J connectivity index is 1.12. The van der Waals surface area contributed by atoms with Gasteiger partial charge in [-0.3, -0.25) is 0 Å². The summed E-state index contributed by atoms with van der Waals surface area (Å²) >= 11 is 5.42. The van der Waals surface area contributed by atoms with Crippen LogP contribution in [0.3, 0.4) is 0 Å². The van der Waals surface area contributed by atoms with Crippen LogP contribution in [-0.2, 0) is 24.5 Å². The van der Waals surface area contributed by atoms with Crippen molar-refractivity contribution < 1.29 is 43.5 Å². The normalized spacial score (nSPS) is 14.0. The van der Waals surface area contributed by atoms with E-state index >= 15 is 0 Å². The lowest BCUT2D eigenvalue weighted by Gasteiger charge is -2.36.